The van der Waals surface area contributed by atoms with Gasteiger partial charge in [0.15, 0.2) is 5.78 Å². The van der Waals surface area contributed by atoms with E-state index in [0.717, 1.165) is 0 Å². The fourth-order valence-electron chi connectivity index (χ4n) is 1.49. The van der Waals surface area contributed by atoms with Gasteiger partial charge in [-0.15, -0.1) is 0 Å². The second kappa shape index (κ2) is 6.11. The molecule has 0 amide bonds. The number of halogens is 2. The molecule has 0 fully saturated rings. The van der Waals surface area contributed by atoms with Gasteiger partial charge in [-0.1, -0.05) is 13.0 Å². The lowest BCUT2D eigenvalue weighted by atomic mass is 10.00. The Morgan fingerprint density at radius 2 is 2.25 bits per heavy atom. The third kappa shape index (κ3) is 3.39. The highest BCUT2D eigenvalue weighted by molar-refractivity contribution is 9.10. The number of ketones is 1. The molecule has 0 bridgehead atoms. The van der Waals surface area contributed by atoms with E-state index in [9.17, 15) is 9.18 Å². The van der Waals surface area contributed by atoms with Gasteiger partial charge in [0.2, 0.25) is 0 Å². The van der Waals surface area contributed by atoms with Crippen LogP contribution in [0.3, 0.4) is 0 Å². The fourth-order valence-corrected chi connectivity index (χ4v) is 1.86. The Bertz CT molecular complexity index is 379. The summed E-state index contributed by atoms with van der Waals surface area (Å²) in [6, 6.07) is 4.73. The van der Waals surface area contributed by atoms with Crippen LogP contribution in [0.1, 0.15) is 23.7 Å². The zero-order valence-electron chi connectivity index (χ0n) is 9.30. The third-order valence-electron chi connectivity index (χ3n) is 2.24. The first-order chi connectivity index (χ1) is 7.56. The van der Waals surface area contributed by atoms with Crippen molar-refractivity contribution in [3.05, 3.63) is 34.1 Å². The van der Waals surface area contributed by atoms with Gasteiger partial charge in [0.05, 0.1) is 10.0 Å². The summed E-state index contributed by atoms with van der Waals surface area (Å²) in [6.07, 6.45) is 0.293. The predicted molar refractivity (Wildman–Crippen MR) is 64.1 cm³/mol. The second-order valence-electron chi connectivity index (χ2n) is 3.79. The number of rotatable bonds is 5. The highest BCUT2D eigenvalue weighted by Crippen LogP contribution is 2.20. The summed E-state index contributed by atoms with van der Waals surface area (Å²) in [5.74, 6) is -0.587. The quantitative estimate of drug-likeness (QED) is 0.776. The molecule has 16 heavy (non-hydrogen) atoms. The van der Waals surface area contributed by atoms with Crippen LogP contribution in [-0.2, 0) is 4.74 Å². The van der Waals surface area contributed by atoms with Crippen molar-refractivity contribution in [1.82, 2.24) is 0 Å². The Kier molecular flexibility index (Phi) is 5.09. The molecular formula is C12H14BrFO2. The summed E-state index contributed by atoms with van der Waals surface area (Å²) < 4.78 is 18.8. The lowest BCUT2D eigenvalue weighted by Gasteiger charge is -2.09. The average Bonchev–Trinajstić information content (AvgIpc) is 2.22. The van der Waals surface area contributed by atoms with Crippen molar-refractivity contribution in [2.45, 2.75) is 13.3 Å². The summed E-state index contributed by atoms with van der Waals surface area (Å²) in [5.41, 5.74) is 0.136. The van der Waals surface area contributed by atoms with Crippen LogP contribution in [0.4, 0.5) is 4.39 Å². The minimum absolute atomic E-state index is 0.0934. The molecule has 1 unspecified atom stereocenters. The number of Topliss-reactive ketones (excluding diaryl/α,β-unsaturated/α-hetero) is 1. The molecule has 1 atom stereocenters. The minimum Gasteiger partial charge on any atom is -0.384 e. The molecule has 0 saturated carbocycles. The molecule has 0 aromatic heterocycles. The maximum Gasteiger partial charge on any atom is 0.166 e. The Labute approximate surface area is 103 Å². The SMILES string of the molecule is COCC(C)CC(=O)c1cccc(Br)c1F. The molecule has 0 aliphatic rings. The van der Waals surface area contributed by atoms with Crippen LogP contribution in [0.25, 0.3) is 0 Å². The monoisotopic (exact) mass is 288 g/mol. The van der Waals surface area contributed by atoms with Crippen LogP contribution < -0.4 is 0 Å². The van der Waals surface area contributed by atoms with E-state index in [2.05, 4.69) is 15.9 Å². The molecule has 1 rings (SSSR count). The highest BCUT2D eigenvalue weighted by Gasteiger charge is 2.16. The van der Waals surface area contributed by atoms with Gasteiger partial charge in [0.1, 0.15) is 5.82 Å². The normalized spacial score (nSPS) is 12.5. The molecule has 1 aromatic rings. The summed E-state index contributed by atoms with van der Waals surface area (Å²) in [4.78, 5) is 11.8. The molecule has 0 aliphatic carbocycles. The number of carbonyl (C=O) groups excluding carboxylic acids is 1. The van der Waals surface area contributed by atoms with Crippen molar-refractivity contribution >= 4 is 21.7 Å². The Morgan fingerprint density at radius 3 is 2.88 bits per heavy atom. The minimum atomic E-state index is -0.489. The molecule has 0 heterocycles. The van der Waals surface area contributed by atoms with Gasteiger partial charge < -0.3 is 4.74 Å². The molecule has 1 aromatic carbocycles. The second-order valence-corrected chi connectivity index (χ2v) is 4.64. The number of hydrogen-bond donors (Lipinski definition) is 0. The Balaban J connectivity index is 2.77. The molecule has 0 aliphatic heterocycles. The summed E-state index contributed by atoms with van der Waals surface area (Å²) in [7, 11) is 1.58. The van der Waals surface area contributed by atoms with Crippen molar-refractivity contribution in [3.8, 4) is 0 Å². The predicted octanol–water partition coefficient (Wildman–Crippen LogP) is 3.44. The van der Waals surface area contributed by atoms with Gasteiger partial charge in [-0.05, 0) is 34.0 Å². The molecule has 88 valence electrons. The lowest BCUT2D eigenvalue weighted by molar-refractivity contribution is 0.0916. The van der Waals surface area contributed by atoms with Gasteiger partial charge in [-0.2, -0.15) is 0 Å². The van der Waals surface area contributed by atoms with Crippen LogP contribution in [-0.4, -0.2) is 19.5 Å². The molecular weight excluding hydrogens is 275 g/mol. The molecule has 4 heteroatoms. The van der Waals surface area contributed by atoms with Crippen LogP contribution in [0.5, 0.6) is 0 Å². The van der Waals surface area contributed by atoms with Gasteiger partial charge >= 0.3 is 0 Å². The maximum absolute atomic E-state index is 13.6. The van der Waals surface area contributed by atoms with Crippen LogP contribution in [0.15, 0.2) is 22.7 Å². The van der Waals surface area contributed by atoms with E-state index in [1.165, 1.54) is 6.07 Å². The van der Waals surface area contributed by atoms with Gasteiger partial charge in [-0.3, -0.25) is 4.79 Å². The number of methoxy groups -OCH3 is 1. The standard InChI is InChI=1S/C12H14BrFO2/c1-8(7-16-2)6-11(15)9-4-3-5-10(13)12(9)14/h3-5,8H,6-7H2,1-2H3. The summed E-state index contributed by atoms with van der Waals surface area (Å²) in [6.45, 7) is 2.40. The molecule has 0 N–H and O–H groups in total. The zero-order valence-corrected chi connectivity index (χ0v) is 10.9. The van der Waals surface area contributed by atoms with E-state index in [1.54, 1.807) is 19.2 Å². The maximum atomic E-state index is 13.6. The first-order valence-corrected chi connectivity index (χ1v) is 5.81. The zero-order chi connectivity index (χ0) is 12.1. The van der Waals surface area contributed by atoms with Crippen molar-refractivity contribution in [2.24, 2.45) is 5.92 Å². The number of hydrogen-bond acceptors (Lipinski definition) is 2. The number of benzene rings is 1. The van der Waals surface area contributed by atoms with Gasteiger partial charge in [0, 0.05) is 20.1 Å². The van der Waals surface area contributed by atoms with E-state index >= 15 is 0 Å². The van der Waals surface area contributed by atoms with E-state index < -0.39 is 5.82 Å². The van der Waals surface area contributed by atoms with E-state index in [1.807, 2.05) is 6.92 Å². The number of ether oxygens (including phenoxy) is 1. The molecule has 2 nitrogen and oxygen atoms in total. The molecule has 0 saturated heterocycles. The van der Waals surface area contributed by atoms with Crippen molar-refractivity contribution in [1.29, 1.82) is 0 Å². The van der Waals surface area contributed by atoms with Gasteiger partial charge in [-0.25, -0.2) is 4.39 Å². The first-order valence-electron chi connectivity index (χ1n) is 5.02. The van der Waals surface area contributed by atoms with Crippen molar-refractivity contribution < 1.29 is 13.9 Å². The fraction of sp³-hybridized carbons (Fsp3) is 0.417. The van der Waals surface area contributed by atoms with Crippen LogP contribution in [0.2, 0.25) is 0 Å². The highest BCUT2D eigenvalue weighted by atomic mass is 79.9. The Hall–Kier alpha value is -0.740. The van der Waals surface area contributed by atoms with Crippen molar-refractivity contribution in [2.75, 3.05) is 13.7 Å². The van der Waals surface area contributed by atoms with Crippen LogP contribution in [0, 0.1) is 11.7 Å². The smallest absolute Gasteiger partial charge is 0.166 e. The Morgan fingerprint density at radius 1 is 1.56 bits per heavy atom. The third-order valence-corrected chi connectivity index (χ3v) is 2.85. The van der Waals surface area contributed by atoms with E-state index in [0.29, 0.717) is 17.5 Å². The van der Waals surface area contributed by atoms with E-state index in [4.69, 9.17) is 4.74 Å². The lowest BCUT2D eigenvalue weighted by Crippen LogP contribution is -2.12. The van der Waals surface area contributed by atoms with Crippen LogP contribution >= 0.6 is 15.9 Å². The van der Waals surface area contributed by atoms with Crippen molar-refractivity contribution in [3.63, 3.8) is 0 Å². The molecule has 0 radical (unpaired) electrons. The molecule has 0 spiro atoms. The summed E-state index contributed by atoms with van der Waals surface area (Å²) in [5, 5.41) is 0. The van der Waals surface area contributed by atoms with E-state index in [-0.39, 0.29) is 17.3 Å². The topological polar surface area (TPSA) is 26.3 Å². The largest absolute Gasteiger partial charge is 0.384 e. The van der Waals surface area contributed by atoms with Gasteiger partial charge in [0.25, 0.3) is 0 Å². The number of carbonyl (C=O) groups is 1. The summed E-state index contributed by atoms with van der Waals surface area (Å²) >= 11 is 3.06. The average molecular weight is 289 g/mol. The first kappa shape index (κ1) is 13.3.